The standard InChI is InChI=1S/C9H8F2N2O/c1-5-7(4-14)6(9(10)11)3-13-8(5)2-12/h3,9,14H,4H2,1H3. The molecule has 1 rings (SSSR count). The van der Waals surface area contributed by atoms with E-state index < -0.39 is 13.0 Å². The highest BCUT2D eigenvalue weighted by molar-refractivity contribution is 5.40. The monoisotopic (exact) mass is 198 g/mol. The second kappa shape index (κ2) is 4.11. The summed E-state index contributed by atoms with van der Waals surface area (Å²) in [5, 5.41) is 17.5. The van der Waals surface area contributed by atoms with Gasteiger partial charge in [-0.3, -0.25) is 0 Å². The van der Waals surface area contributed by atoms with Crippen molar-refractivity contribution < 1.29 is 13.9 Å². The molecule has 0 aromatic carbocycles. The molecule has 0 bridgehead atoms. The molecule has 1 aromatic rings. The number of aliphatic hydroxyl groups is 1. The van der Waals surface area contributed by atoms with Crippen molar-refractivity contribution in [3.63, 3.8) is 0 Å². The number of alkyl halides is 2. The maximum Gasteiger partial charge on any atom is 0.265 e. The molecule has 14 heavy (non-hydrogen) atoms. The lowest BCUT2D eigenvalue weighted by molar-refractivity contribution is 0.146. The molecule has 1 N–H and O–H groups in total. The molecule has 0 aliphatic heterocycles. The van der Waals surface area contributed by atoms with Crippen molar-refractivity contribution in [3.05, 3.63) is 28.6 Å². The first-order valence-corrected chi connectivity index (χ1v) is 3.89. The summed E-state index contributed by atoms with van der Waals surface area (Å²) >= 11 is 0. The molecule has 5 heteroatoms. The van der Waals surface area contributed by atoms with Gasteiger partial charge in [0, 0.05) is 11.8 Å². The first-order valence-electron chi connectivity index (χ1n) is 3.89. The van der Waals surface area contributed by atoms with E-state index in [0.29, 0.717) is 5.56 Å². The fourth-order valence-electron chi connectivity index (χ4n) is 1.18. The van der Waals surface area contributed by atoms with Gasteiger partial charge in [-0.25, -0.2) is 13.8 Å². The van der Waals surface area contributed by atoms with Gasteiger partial charge in [0.05, 0.1) is 6.61 Å². The minimum Gasteiger partial charge on any atom is -0.392 e. The van der Waals surface area contributed by atoms with Crippen LogP contribution in [0.2, 0.25) is 0 Å². The van der Waals surface area contributed by atoms with E-state index in [-0.39, 0.29) is 16.8 Å². The topological polar surface area (TPSA) is 56.9 Å². The number of halogens is 2. The van der Waals surface area contributed by atoms with Crippen molar-refractivity contribution in [2.45, 2.75) is 20.0 Å². The van der Waals surface area contributed by atoms with Crippen LogP contribution in [0.5, 0.6) is 0 Å². The largest absolute Gasteiger partial charge is 0.392 e. The van der Waals surface area contributed by atoms with Crippen molar-refractivity contribution in [2.75, 3.05) is 0 Å². The number of hydrogen-bond donors (Lipinski definition) is 1. The summed E-state index contributed by atoms with van der Waals surface area (Å²) in [6.07, 6.45) is -1.75. The van der Waals surface area contributed by atoms with Gasteiger partial charge in [-0.15, -0.1) is 0 Å². The third-order valence-electron chi connectivity index (χ3n) is 1.99. The van der Waals surface area contributed by atoms with E-state index in [4.69, 9.17) is 10.4 Å². The minimum atomic E-state index is -2.68. The van der Waals surface area contributed by atoms with Gasteiger partial charge in [0.2, 0.25) is 0 Å². The van der Waals surface area contributed by atoms with E-state index in [2.05, 4.69) is 4.98 Å². The van der Waals surface area contributed by atoms with Gasteiger partial charge in [0.1, 0.15) is 11.8 Å². The van der Waals surface area contributed by atoms with Crippen LogP contribution in [-0.4, -0.2) is 10.1 Å². The Balaban J connectivity index is 3.38. The molecule has 0 saturated heterocycles. The van der Waals surface area contributed by atoms with Crippen LogP contribution in [-0.2, 0) is 6.61 Å². The van der Waals surface area contributed by atoms with Crippen LogP contribution in [0, 0.1) is 18.3 Å². The van der Waals surface area contributed by atoms with Gasteiger partial charge >= 0.3 is 0 Å². The zero-order chi connectivity index (χ0) is 10.7. The quantitative estimate of drug-likeness (QED) is 0.786. The van der Waals surface area contributed by atoms with Crippen LogP contribution in [0.3, 0.4) is 0 Å². The number of pyridine rings is 1. The maximum atomic E-state index is 12.4. The molecule has 1 aromatic heterocycles. The number of aliphatic hydroxyl groups excluding tert-OH is 1. The highest BCUT2D eigenvalue weighted by Crippen LogP contribution is 2.25. The first-order chi connectivity index (χ1) is 6.61. The highest BCUT2D eigenvalue weighted by Gasteiger charge is 2.17. The number of hydrogen-bond acceptors (Lipinski definition) is 3. The summed E-state index contributed by atoms with van der Waals surface area (Å²) < 4.78 is 24.8. The second-order valence-corrected chi connectivity index (χ2v) is 2.74. The molecule has 0 saturated carbocycles. The normalized spacial score (nSPS) is 10.3. The Hall–Kier alpha value is -1.54. The summed E-state index contributed by atoms with van der Waals surface area (Å²) in [4.78, 5) is 3.57. The van der Waals surface area contributed by atoms with Gasteiger partial charge in [0.25, 0.3) is 6.43 Å². The molecular formula is C9H8F2N2O. The molecule has 3 nitrogen and oxygen atoms in total. The highest BCUT2D eigenvalue weighted by atomic mass is 19.3. The predicted octanol–water partition coefficient (Wildman–Crippen LogP) is 1.69. The van der Waals surface area contributed by atoms with Gasteiger partial charge < -0.3 is 5.11 Å². The summed E-state index contributed by atoms with van der Waals surface area (Å²) in [7, 11) is 0. The molecular weight excluding hydrogens is 190 g/mol. The molecule has 0 aliphatic rings. The summed E-state index contributed by atoms with van der Waals surface area (Å²) in [6.45, 7) is 0.978. The SMILES string of the molecule is Cc1c(C#N)ncc(C(F)F)c1CO. The number of aromatic nitrogens is 1. The maximum absolute atomic E-state index is 12.4. The van der Waals surface area contributed by atoms with Crippen LogP contribution in [0.15, 0.2) is 6.20 Å². The molecule has 0 amide bonds. The van der Waals surface area contributed by atoms with Crippen LogP contribution in [0.25, 0.3) is 0 Å². The number of nitrogens with zero attached hydrogens (tertiary/aromatic N) is 2. The third-order valence-corrected chi connectivity index (χ3v) is 1.99. The van der Waals surface area contributed by atoms with Crippen LogP contribution in [0.4, 0.5) is 8.78 Å². The summed E-state index contributed by atoms with van der Waals surface area (Å²) in [5.41, 5.74) is 0.154. The zero-order valence-corrected chi connectivity index (χ0v) is 7.46. The smallest absolute Gasteiger partial charge is 0.265 e. The third kappa shape index (κ3) is 1.70. The molecule has 0 unspecified atom stereocenters. The predicted molar refractivity (Wildman–Crippen MR) is 44.6 cm³/mol. The average Bonchev–Trinajstić information content (AvgIpc) is 2.17. The molecule has 1 heterocycles. The fourth-order valence-corrected chi connectivity index (χ4v) is 1.18. The van der Waals surface area contributed by atoms with Crippen molar-refractivity contribution in [2.24, 2.45) is 0 Å². The van der Waals surface area contributed by atoms with Gasteiger partial charge in [-0.2, -0.15) is 5.26 Å². The first kappa shape index (κ1) is 10.5. The Kier molecular flexibility index (Phi) is 3.10. The van der Waals surface area contributed by atoms with Crippen LogP contribution in [0.1, 0.15) is 28.8 Å². The average molecular weight is 198 g/mol. The molecule has 0 radical (unpaired) electrons. The van der Waals surface area contributed by atoms with Crippen molar-refractivity contribution >= 4 is 0 Å². The van der Waals surface area contributed by atoms with E-state index in [1.54, 1.807) is 6.07 Å². The summed E-state index contributed by atoms with van der Waals surface area (Å²) in [5.74, 6) is 0. The Morgan fingerprint density at radius 3 is 2.71 bits per heavy atom. The lowest BCUT2D eigenvalue weighted by atomic mass is 10.0. The molecule has 0 fully saturated rings. The zero-order valence-electron chi connectivity index (χ0n) is 7.46. The van der Waals surface area contributed by atoms with E-state index in [1.165, 1.54) is 6.92 Å². The van der Waals surface area contributed by atoms with Crippen LogP contribution >= 0.6 is 0 Å². The van der Waals surface area contributed by atoms with E-state index >= 15 is 0 Å². The lowest BCUT2D eigenvalue weighted by Crippen LogP contribution is -2.02. The van der Waals surface area contributed by atoms with Gasteiger partial charge in [-0.1, -0.05) is 0 Å². The number of nitriles is 1. The minimum absolute atomic E-state index is 0.0680. The fraction of sp³-hybridized carbons (Fsp3) is 0.333. The Morgan fingerprint density at radius 1 is 1.64 bits per heavy atom. The van der Waals surface area contributed by atoms with Crippen LogP contribution < -0.4 is 0 Å². The van der Waals surface area contributed by atoms with Gasteiger partial charge in [0.15, 0.2) is 0 Å². The van der Waals surface area contributed by atoms with E-state index in [1.807, 2.05) is 0 Å². The van der Waals surface area contributed by atoms with Crippen molar-refractivity contribution in [1.29, 1.82) is 5.26 Å². The Bertz CT molecular complexity index is 385. The molecule has 0 atom stereocenters. The lowest BCUT2D eigenvalue weighted by Gasteiger charge is -2.09. The Labute approximate surface area is 79.6 Å². The van der Waals surface area contributed by atoms with Gasteiger partial charge in [-0.05, 0) is 18.1 Å². The van der Waals surface area contributed by atoms with E-state index in [0.717, 1.165) is 6.20 Å². The second-order valence-electron chi connectivity index (χ2n) is 2.74. The summed E-state index contributed by atoms with van der Waals surface area (Å²) in [6, 6.07) is 1.77. The van der Waals surface area contributed by atoms with Crippen molar-refractivity contribution in [3.8, 4) is 6.07 Å². The number of rotatable bonds is 2. The van der Waals surface area contributed by atoms with Crippen molar-refractivity contribution in [1.82, 2.24) is 4.98 Å². The molecule has 0 aliphatic carbocycles. The van der Waals surface area contributed by atoms with E-state index in [9.17, 15) is 8.78 Å². The molecule has 74 valence electrons. The Morgan fingerprint density at radius 2 is 2.29 bits per heavy atom. The molecule has 0 spiro atoms.